The first kappa shape index (κ1) is 28.7. The van der Waals surface area contributed by atoms with Crippen LogP contribution in [0.4, 0.5) is 23.8 Å². The van der Waals surface area contributed by atoms with Gasteiger partial charge >= 0.3 is 6.03 Å². The first-order chi connectivity index (χ1) is 19.6. The number of halogens is 4. The summed E-state index contributed by atoms with van der Waals surface area (Å²) < 4.78 is 50.0. The van der Waals surface area contributed by atoms with Gasteiger partial charge in [-0.1, -0.05) is 17.7 Å². The Morgan fingerprint density at radius 3 is 2.59 bits per heavy atom. The van der Waals surface area contributed by atoms with Crippen molar-refractivity contribution in [1.82, 2.24) is 29.8 Å². The normalized spacial score (nSPS) is 17.2. The van der Waals surface area contributed by atoms with Crippen LogP contribution in [0.1, 0.15) is 17.0 Å². The maximum Gasteiger partial charge on any atom is 0.320 e. The summed E-state index contributed by atoms with van der Waals surface area (Å²) in [6.07, 6.45) is 3.45. The summed E-state index contributed by atoms with van der Waals surface area (Å²) in [4.78, 5) is 15.5. The third-order valence-electron chi connectivity index (χ3n) is 7.18. The van der Waals surface area contributed by atoms with E-state index in [1.165, 1.54) is 35.0 Å². The Kier molecular flexibility index (Phi) is 8.34. The van der Waals surface area contributed by atoms with E-state index in [1.54, 1.807) is 38.2 Å². The molecule has 2 N–H and O–H groups in total. The molecule has 1 saturated heterocycles. The summed E-state index contributed by atoms with van der Waals surface area (Å²) in [5.74, 6) is -2.40. The minimum absolute atomic E-state index is 0.0922. The molecule has 216 valence electrons. The van der Waals surface area contributed by atoms with Gasteiger partial charge in [0.2, 0.25) is 0 Å². The molecule has 5 rings (SSSR count). The molecule has 9 nitrogen and oxygen atoms in total. The van der Waals surface area contributed by atoms with Crippen LogP contribution in [-0.4, -0.2) is 69.9 Å². The van der Waals surface area contributed by atoms with Crippen molar-refractivity contribution >= 4 is 23.4 Å². The van der Waals surface area contributed by atoms with Gasteiger partial charge in [0.15, 0.2) is 11.6 Å². The summed E-state index contributed by atoms with van der Waals surface area (Å²) >= 11 is 6.05. The summed E-state index contributed by atoms with van der Waals surface area (Å²) in [5, 5.41) is 14.7. The quantitative estimate of drug-likeness (QED) is 0.307. The third kappa shape index (κ3) is 6.09. The zero-order chi connectivity index (χ0) is 29.3. The van der Waals surface area contributed by atoms with Crippen LogP contribution in [0.2, 0.25) is 5.02 Å². The van der Waals surface area contributed by atoms with Gasteiger partial charge in [0.1, 0.15) is 17.3 Å². The molecule has 2 amide bonds. The minimum Gasteiger partial charge on any atom is -0.383 e. The predicted molar refractivity (Wildman–Crippen MR) is 149 cm³/mol. The average molecular weight is 588 g/mol. The lowest BCUT2D eigenvalue weighted by molar-refractivity contribution is 0.159. The number of carbonyl (C=O) groups is 1. The van der Waals surface area contributed by atoms with E-state index in [9.17, 15) is 18.0 Å². The molecule has 0 spiro atoms. The molecular weight excluding hydrogens is 559 g/mol. The Morgan fingerprint density at radius 2 is 1.90 bits per heavy atom. The molecule has 2 atom stereocenters. The number of carbonyl (C=O) groups excluding carboxylic acids is 1. The zero-order valence-electron chi connectivity index (χ0n) is 22.7. The van der Waals surface area contributed by atoms with Crippen molar-refractivity contribution < 1.29 is 22.7 Å². The number of methoxy groups -OCH3 is 1. The molecule has 2 aromatic heterocycles. The lowest BCUT2D eigenvalue weighted by Crippen LogP contribution is -2.42. The topological polar surface area (TPSA) is 89.2 Å². The fourth-order valence-electron chi connectivity index (χ4n) is 5.09. The molecule has 2 aromatic carbocycles. The number of hydrogen-bond donors (Lipinski definition) is 2. The Balaban J connectivity index is 1.44. The average Bonchev–Trinajstić information content (AvgIpc) is 3.63. The molecule has 0 saturated carbocycles. The molecular formula is C28H29ClF3N7O2. The van der Waals surface area contributed by atoms with Crippen molar-refractivity contribution in [3.8, 4) is 16.9 Å². The molecule has 1 aliphatic rings. The second-order valence-corrected chi connectivity index (χ2v) is 10.4. The highest BCUT2D eigenvalue weighted by Crippen LogP contribution is 2.32. The largest absolute Gasteiger partial charge is 0.383 e. The Bertz CT molecular complexity index is 1570. The number of aromatic nitrogens is 4. The van der Waals surface area contributed by atoms with Gasteiger partial charge in [-0.15, -0.1) is 0 Å². The predicted octanol–water partition coefficient (Wildman–Crippen LogP) is 4.89. The van der Waals surface area contributed by atoms with Crippen molar-refractivity contribution in [2.24, 2.45) is 7.05 Å². The molecule has 0 bridgehead atoms. The van der Waals surface area contributed by atoms with Crippen LogP contribution in [0.3, 0.4) is 0 Å². The first-order valence-electron chi connectivity index (χ1n) is 12.9. The van der Waals surface area contributed by atoms with Crippen LogP contribution in [0.5, 0.6) is 0 Å². The number of urea groups is 1. The van der Waals surface area contributed by atoms with Crippen molar-refractivity contribution in [2.75, 3.05) is 38.7 Å². The maximum absolute atomic E-state index is 14.1. The lowest BCUT2D eigenvalue weighted by Gasteiger charge is -2.21. The van der Waals surface area contributed by atoms with E-state index < -0.39 is 29.5 Å². The number of hydrogen-bond acceptors (Lipinski definition) is 5. The van der Waals surface area contributed by atoms with Gasteiger partial charge in [0, 0.05) is 57.0 Å². The van der Waals surface area contributed by atoms with Gasteiger partial charge < -0.3 is 10.1 Å². The Hall–Kier alpha value is -3.87. The molecule has 0 radical (unpaired) electrons. The van der Waals surface area contributed by atoms with Crippen LogP contribution >= 0.6 is 11.6 Å². The molecule has 1 aliphatic heterocycles. The standard InChI is InChI=1S/C28H29ClF3N7O2/c1-16-26(18-12-33-37(2)13-18)36-39(19-5-7-22(30)21(29)11-19)27(16)35-28(40)34-25-15-38(8-9-41-3)14-20(25)17-4-6-23(31)24(32)10-17/h4-7,10-13,20,25H,8-9,14-15H2,1-3H3,(H2,34,35,40). The van der Waals surface area contributed by atoms with E-state index >= 15 is 0 Å². The van der Waals surface area contributed by atoms with E-state index in [1.807, 2.05) is 0 Å². The van der Waals surface area contributed by atoms with Crippen LogP contribution in [0.25, 0.3) is 16.9 Å². The van der Waals surface area contributed by atoms with Gasteiger partial charge in [0.05, 0.1) is 29.6 Å². The van der Waals surface area contributed by atoms with Crippen LogP contribution in [0.15, 0.2) is 48.8 Å². The van der Waals surface area contributed by atoms with Crippen molar-refractivity contribution in [1.29, 1.82) is 0 Å². The van der Waals surface area contributed by atoms with E-state index in [4.69, 9.17) is 16.3 Å². The third-order valence-corrected chi connectivity index (χ3v) is 7.47. The van der Waals surface area contributed by atoms with E-state index in [0.717, 1.165) is 11.6 Å². The smallest absolute Gasteiger partial charge is 0.320 e. The number of anilines is 1. The number of benzene rings is 2. The van der Waals surface area contributed by atoms with E-state index in [0.29, 0.717) is 54.6 Å². The Morgan fingerprint density at radius 1 is 1.12 bits per heavy atom. The van der Waals surface area contributed by atoms with Gasteiger partial charge in [-0.25, -0.2) is 22.6 Å². The van der Waals surface area contributed by atoms with Gasteiger partial charge in [-0.2, -0.15) is 10.2 Å². The number of nitrogens with one attached hydrogen (secondary N) is 2. The lowest BCUT2D eigenvalue weighted by atomic mass is 9.94. The van der Waals surface area contributed by atoms with Gasteiger partial charge in [-0.05, 0) is 42.8 Å². The van der Waals surface area contributed by atoms with E-state index in [-0.39, 0.29) is 10.9 Å². The van der Waals surface area contributed by atoms with Gasteiger partial charge in [0.25, 0.3) is 0 Å². The molecule has 0 aliphatic carbocycles. The molecule has 4 aromatic rings. The van der Waals surface area contributed by atoms with Crippen molar-refractivity contribution in [2.45, 2.75) is 18.9 Å². The van der Waals surface area contributed by atoms with Gasteiger partial charge in [-0.3, -0.25) is 14.9 Å². The Labute approximate surface area is 239 Å². The highest BCUT2D eigenvalue weighted by molar-refractivity contribution is 6.30. The molecule has 41 heavy (non-hydrogen) atoms. The zero-order valence-corrected chi connectivity index (χ0v) is 23.4. The maximum atomic E-state index is 14.1. The fraction of sp³-hybridized carbons (Fsp3) is 0.321. The van der Waals surface area contributed by atoms with Crippen molar-refractivity contribution in [3.63, 3.8) is 0 Å². The number of aryl methyl sites for hydroxylation is 1. The summed E-state index contributed by atoms with van der Waals surface area (Å²) in [5.41, 5.74) is 2.97. The highest BCUT2D eigenvalue weighted by atomic mass is 35.5. The fourth-order valence-corrected chi connectivity index (χ4v) is 5.27. The SMILES string of the molecule is COCCN1CC(NC(=O)Nc2c(C)c(-c3cnn(C)c3)nn2-c2ccc(F)c(Cl)c2)C(c2ccc(F)c(F)c2)C1. The number of likely N-dealkylation sites (tertiary alicyclic amines) is 1. The summed E-state index contributed by atoms with van der Waals surface area (Å²) in [7, 11) is 3.38. The molecule has 13 heteroatoms. The van der Waals surface area contributed by atoms with Crippen LogP contribution in [-0.2, 0) is 11.8 Å². The van der Waals surface area contributed by atoms with E-state index in [2.05, 4.69) is 25.7 Å². The molecule has 3 heterocycles. The summed E-state index contributed by atoms with van der Waals surface area (Å²) in [6, 6.07) is 7.02. The monoisotopic (exact) mass is 587 g/mol. The number of nitrogens with zero attached hydrogens (tertiary/aromatic N) is 5. The number of ether oxygens (including phenoxy) is 1. The van der Waals surface area contributed by atoms with Crippen molar-refractivity contribution in [3.05, 3.63) is 82.4 Å². The highest BCUT2D eigenvalue weighted by Gasteiger charge is 2.35. The first-order valence-corrected chi connectivity index (χ1v) is 13.3. The summed E-state index contributed by atoms with van der Waals surface area (Å²) in [6.45, 7) is 3.91. The second kappa shape index (κ2) is 11.9. The van der Waals surface area contributed by atoms with Crippen LogP contribution in [0, 0.1) is 24.4 Å². The second-order valence-electron chi connectivity index (χ2n) is 9.97. The number of rotatable bonds is 8. The number of amides is 2. The van der Waals surface area contributed by atoms with Crippen LogP contribution < -0.4 is 10.6 Å². The molecule has 2 unspecified atom stereocenters. The molecule has 1 fully saturated rings. The minimum atomic E-state index is -0.943.